The molecule has 0 radical (unpaired) electrons. The Morgan fingerprint density at radius 2 is 1.68 bits per heavy atom. The number of hydrogen-bond donors (Lipinski definition) is 1. The maximum absolute atomic E-state index is 11.5. The molecule has 0 bridgehead atoms. The summed E-state index contributed by atoms with van der Waals surface area (Å²) in [6, 6.07) is 7.39. The van der Waals surface area contributed by atoms with Crippen molar-refractivity contribution in [2.75, 3.05) is 20.1 Å². The molecule has 1 N–H and O–H groups in total. The molecule has 19 heavy (non-hydrogen) atoms. The number of benzene rings is 1. The van der Waals surface area contributed by atoms with E-state index in [9.17, 15) is 14.7 Å². The van der Waals surface area contributed by atoms with E-state index in [-0.39, 0.29) is 13.1 Å². The molecule has 1 unspecified atom stereocenters. The number of aliphatic hydroxyl groups excluding tert-OH is 1. The highest BCUT2D eigenvalue weighted by atomic mass is 16.6. The molecule has 1 aromatic carbocycles. The van der Waals surface area contributed by atoms with E-state index in [0.717, 1.165) is 0 Å². The van der Waals surface area contributed by atoms with Crippen molar-refractivity contribution in [2.24, 2.45) is 0 Å². The SMILES string of the molecule is CN1CC(=O)OB(C(O)c2ccccc2)OC(=O)C1. The molecule has 0 saturated carbocycles. The van der Waals surface area contributed by atoms with Gasteiger partial charge in [-0.05, 0) is 12.6 Å². The quantitative estimate of drug-likeness (QED) is 0.743. The lowest BCUT2D eigenvalue weighted by Crippen LogP contribution is -2.45. The van der Waals surface area contributed by atoms with Crippen LogP contribution in [0.25, 0.3) is 0 Å². The van der Waals surface area contributed by atoms with Crippen LogP contribution >= 0.6 is 0 Å². The van der Waals surface area contributed by atoms with Crippen LogP contribution in [0.2, 0.25) is 0 Å². The first-order chi connectivity index (χ1) is 9.06. The van der Waals surface area contributed by atoms with Crippen LogP contribution in [-0.4, -0.2) is 49.2 Å². The summed E-state index contributed by atoms with van der Waals surface area (Å²) in [6.45, 7) is -0.0414. The zero-order valence-corrected chi connectivity index (χ0v) is 10.5. The lowest BCUT2D eigenvalue weighted by atomic mass is 9.76. The zero-order chi connectivity index (χ0) is 13.8. The van der Waals surface area contributed by atoms with Crippen LogP contribution in [0.3, 0.4) is 0 Å². The smallest absolute Gasteiger partial charge is 0.496 e. The van der Waals surface area contributed by atoms with Crippen molar-refractivity contribution in [3.8, 4) is 0 Å². The van der Waals surface area contributed by atoms with E-state index in [0.29, 0.717) is 5.56 Å². The van der Waals surface area contributed by atoms with E-state index in [1.807, 2.05) is 0 Å². The van der Waals surface area contributed by atoms with E-state index >= 15 is 0 Å². The van der Waals surface area contributed by atoms with Gasteiger partial charge in [0.2, 0.25) is 0 Å². The van der Waals surface area contributed by atoms with Gasteiger partial charge in [0, 0.05) is 0 Å². The van der Waals surface area contributed by atoms with Crippen LogP contribution in [0.1, 0.15) is 11.6 Å². The topological polar surface area (TPSA) is 76.1 Å². The minimum absolute atomic E-state index is 0.0207. The van der Waals surface area contributed by atoms with E-state index in [1.54, 1.807) is 37.4 Å². The summed E-state index contributed by atoms with van der Waals surface area (Å²) in [5.41, 5.74) is 0.516. The van der Waals surface area contributed by atoms with Gasteiger partial charge < -0.3 is 14.4 Å². The normalized spacial score (nSPS) is 19.2. The summed E-state index contributed by atoms with van der Waals surface area (Å²) in [4.78, 5) is 24.5. The Morgan fingerprint density at radius 1 is 1.16 bits per heavy atom. The maximum Gasteiger partial charge on any atom is 0.634 e. The van der Waals surface area contributed by atoms with Crippen LogP contribution in [-0.2, 0) is 18.9 Å². The highest BCUT2D eigenvalue weighted by molar-refractivity contribution is 6.50. The lowest BCUT2D eigenvalue weighted by molar-refractivity contribution is -0.146. The van der Waals surface area contributed by atoms with Crippen LogP contribution in [0.4, 0.5) is 0 Å². The Labute approximate surface area is 111 Å². The molecular weight excluding hydrogens is 249 g/mol. The maximum atomic E-state index is 11.5. The molecule has 2 rings (SSSR count). The molecule has 100 valence electrons. The molecule has 7 heteroatoms. The summed E-state index contributed by atoms with van der Waals surface area (Å²) in [6.07, 6.45) is 0. The summed E-state index contributed by atoms with van der Waals surface area (Å²) in [5, 5.41) is 10.1. The largest absolute Gasteiger partial charge is 0.634 e. The van der Waals surface area contributed by atoms with Gasteiger partial charge in [-0.15, -0.1) is 0 Å². The standard InChI is InChI=1S/C12H14BNO5/c1-14-7-10(15)18-13(19-11(16)8-14)12(17)9-5-3-2-4-6-9/h2-6,12,17H,7-8H2,1H3. The fraction of sp³-hybridized carbons (Fsp3) is 0.333. The van der Waals surface area contributed by atoms with Gasteiger partial charge in [0.15, 0.2) is 0 Å². The Hall–Kier alpha value is -1.86. The molecule has 1 heterocycles. The molecule has 0 aromatic heterocycles. The van der Waals surface area contributed by atoms with E-state index in [1.165, 1.54) is 4.90 Å². The van der Waals surface area contributed by atoms with Crippen molar-refractivity contribution < 1.29 is 24.0 Å². The molecule has 6 nitrogen and oxygen atoms in total. The molecular formula is C12H14BNO5. The number of likely N-dealkylation sites (N-methyl/N-ethyl adjacent to an activating group) is 1. The van der Waals surface area contributed by atoms with Crippen LogP contribution < -0.4 is 0 Å². The molecule has 1 aliphatic heterocycles. The van der Waals surface area contributed by atoms with Crippen molar-refractivity contribution in [3.05, 3.63) is 35.9 Å². The fourth-order valence-corrected chi connectivity index (χ4v) is 1.79. The average molecular weight is 263 g/mol. The molecule has 0 amide bonds. The zero-order valence-electron chi connectivity index (χ0n) is 10.5. The Morgan fingerprint density at radius 3 is 2.21 bits per heavy atom. The number of carbonyl (C=O) groups excluding carboxylic acids is 2. The third-order valence-electron chi connectivity index (χ3n) is 2.69. The number of aliphatic hydroxyl groups is 1. The summed E-state index contributed by atoms with van der Waals surface area (Å²) in [7, 11) is 0.298. The average Bonchev–Trinajstić information content (AvgIpc) is 2.36. The molecule has 1 aromatic rings. The van der Waals surface area contributed by atoms with Gasteiger partial charge in [0.05, 0.1) is 13.1 Å². The van der Waals surface area contributed by atoms with Crippen molar-refractivity contribution >= 4 is 19.1 Å². The summed E-state index contributed by atoms with van der Waals surface area (Å²) < 4.78 is 9.95. The minimum atomic E-state index is -1.31. The first-order valence-electron chi connectivity index (χ1n) is 5.87. The van der Waals surface area contributed by atoms with Crippen molar-refractivity contribution in [2.45, 2.75) is 6.00 Å². The second kappa shape index (κ2) is 5.86. The first kappa shape index (κ1) is 13.6. The summed E-state index contributed by atoms with van der Waals surface area (Å²) >= 11 is 0. The van der Waals surface area contributed by atoms with E-state index in [2.05, 4.69) is 0 Å². The Kier molecular flexibility index (Phi) is 4.18. The van der Waals surface area contributed by atoms with Gasteiger partial charge in [-0.3, -0.25) is 14.5 Å². The van der Waals surface area contributed by atoms with Gasteiger partial charge in [-0.25, -0.2) is 0 Å². The Bertz CT molecular complexity index is 446. The van der Waals surface area contributed by atoms with Crippen LogP contribution in [0.5, 0.6) is 0 Å². The number of carbonyl (C=O) groups is 2. The summed E-state index contributed by atoms with van der Waals surface area (Å²) in [5.74, 6) is -1.09. The molecule has 0 aliphatic carbocycles. The molecule has 1 fully saturated rings. The molecule has 1 atom stereocenters. The fourth-order valence-electron chi connectivity index (χ4n) is 1.79. The lowest BCUT2D eigenvalue weighted by Gasteiger charge is -2.24. The van der Waals surface area contributed by atoms with Crippen molar-refractivity contribution in [1.82, 2.24) is 4.90 Å². The second-order valence-corrected chi connectivity index (χ2v) is 4.38. The third kappa shape index (κ3) is 3.55. The van der Waals surface area contributed by atoms with Crippen LogP contribution in [0.15, 0.2) is 30.3 Å². The highest BCUT2D eigenvalue weighted by Gasteiger charge is 2.39. The van der Waals surface area contributed by atoms with Gasteiger partial charge in [0.1, 0.15) is 6.00 Å². The molecule has 0 spiro atoms. The highest BCUT2D eigenvalue weighted by Crippen LogP contribution is 2.18. The van der Waals surface area contributed by atoms with E-state index < -0.39 is 25.1 Å². The number of nitrogens with zero attached hydrogens (tertiary/aromatic N) is 1. The Balaban J connectivity index is 2.13. The van der Waals surface area contributed by atoms with Crippen molar-refractivity contribution in [3.63, 3.8) is 0 Å². The minimum Gasteiger partial charge on any atom is -0.496 e. The van der Waals surface area contributed by atoms with Gasteiger partial charge in [-0.1, -0.05) is 30.3 Å². The number of rotatable bonds is 2. The van der Waals surface area contributed by atoms with Gasteiger partial charge >= 0.3 is 19.1 Å². The van der Waals surface area contributed by atoms with Crippen molar-refractivity contribution in [1.29, 1.82) is 0 Å². The third-order valence-corrected chi connectivity index (χ3v) is 2.69. The van der Waals surface area contributed by atoms with Gasteiger partial charge in [0.25, 0.3) is 0 Å². The van der Waals surface area contributed by atoms with Gasteiger partial charge in [-0.2, -0.15) is 0 Å². The predicted molar refractivity (Wildman–Crippen MR) is 66.8 cm³/mol. The monoisotopic (exact) mass is 263 g/mol. The number of hydrogen-bond acceptors (Lipinski definition) is 6. The van der Waals surface area contributed by atoms with E-state index in [4.69, 9.17) is 9.31 Å². The molecule has 1 aliphatic rings. The van der Waals surface area contributed by atoms with Crippen LogP contribution in [0, 0.1) is 0 Å². The first-order valence-corrected chi connectivity index (χ1v) is 5.87. The predicted octanol–water partition coefficient (Wildman–Crippen LogP) is -0.221. The molecule has 1 saturated heterocycles. The second-order valence-electron chi connectivity index (χ2n) is 4.38.